The highest BCUT2D eigenvalue weighted by Gasteiger charge is 2.26. The molecule has 2 N–H and O–H groups in total. The van der Waals surface area contributed by atoms with Crippen LogP contribution in [-0.2, 0) is 0 Å². The number of nitrogens with two attached hydrogens (primary N) is 1. The first-order valence-corrected chi connectivity index (χ1v) is 6.94. The number of amides is 1. The van der Waals surface area contributed by atoms with Crippen molar-refractivity contribution in [1.82, 2.24) is 4.90 Å². The topological polar surface area (TPSA) is 46.3 Å². The molecule has 20 heavy (non-hydrogen) atoms. The average Bonchev–Trinajstić information content (AvgIpc) is 2.42. The molecule has 0 spiro atoms. The Balaban J connectivity index is 2.11. The van der Waals surface area contributed by atoms with E-state index in [1.165, 1.54) is 0 Å². The van der Waals surface area contributed by atoms with E-state index in [4.69, 9.17) is 5.73 Å². The summed E-state index contributed by atoms with van der Waals surface area (Å²) in [5, 5.41) is 0. The third-order valence-electron chi connectivity index (χ3n) is 4.09. The Bertz CT molecular complexity index is 509. The molecule has 1 amide bonds. The maximum absolute atomic E-state index is 13.3. The Morgan fingerprint density at radius 3 is 2.35 bits per heavy atom. The van der Waals surface area contributed by atoms with Gasteiger partial charge in [-0.05, 0) is 30.7 Å². The number of piperidine rings is 1. The first kappa shape index (κ1) is 14.8. The van der Waals surface area contributed by atoms with Crippen LogP contribution in [0.15, 0.2) is 12.1 Å². The minimum absolute atomic E-state index is 0.0140. The number of carbonyl (C=O) groups excluding carboxylic acids is 1. The average molecular weight is 282 g/mol. The molecule has 3 nitrogen and oxygen atoms in total. The van der Waals surface area contributed by atoms with E-state index in [9.17, 15) is 13.6 Å². The Kier molecular flexibility index (Phi) is 4.26. The van der Waals surface area contributed by atoms with Gasteiger partial charge in [-0.1, -0.05) is 13.8 Å². The van der Waals surface area contributed by atoms with Crippen molar-refractivity contribution in [3.05, 3.63) is 29.3 Å². The van der Waals surface area contributed by atoms with E-state index >= 15 is 0 Å². The molecule has 1 aromatic carbocycles. The van der Waals surface area contributed by atoms with E-state index in [-0.39, 0.29) is 17.2 Å². The van der Waals surface area contributed by atoms with Crippen LogP contribution in [0.2, 0.25) is 0 Å². The summed E-state index contributed by atoms with van der Waals surface area (Å²) >= 11 is 0. The first-order chi connectivity index (χ1) is 9.40. The van der Waals surface area contributed by atoms with Crippen molar-refractivity contribution in [2.75, 3.05) is 18.8 Å². The summed E-state index contributed by atoms with van der Waals surface area (Å²) in [5.74, 6) is -1.18. The second-order valence-electron chi connectivity index (χ2n) is 5.73. The molecule has 0 aliphatic carbocycles. The maximum Gasteiger partial charge on any atom is 0.256 e. The summed E-state index contributed by atoms with van der Waals surface area (Å²) < 4.78 is 26.3. The van der Waals surface area contributed by atoms with Crippen molar-refractivity contribution in [2.24, 2.45) is 11.8 Å². The van der Waals surface area contributed by atoms with Gasteiger partial charge in [-0.3, -0.25) is 4.79 Å². The summed E-state index contributed by atoms with van der Waals surface area (Å²) in [6.07, 6.45) is 1.87. The number of anilines is 1. The largest absolute Gasteiger partial charge is 0.398 e. The minimum Gasteiger partial charge on any atom is -0.398 e. The smallest absolute Gasteiger partial charge is 0.256 e. The summed E-state index contributed by atoms with van der Waals surface area (Å²) in [5.41, 5.74) is 5.65. The lowest BCUT2D eigenvalue weighted by Crippen LogP contribution is -2.39. The second-order valence-corrected chi connectivity index (χ2v) is 5.73. The van der Waals surface area contributed by atoms with Crippen molar-refractivity contribution < 1.29 is 13.6 Å². The van der Waals surface area contributed by atoms with Crippen LogP contribution in [-0.4, -0.2) is 23.9 Å². The van der Waals surface area contributed by atoms with Gasteiger partial charge in [0.05, 0.1) is 5.56 Å². The molecule has 1 aromatic rings. The van der Waals surface area contributed by atoms with E-state index in [1.54, 1.807) is 4.90 Å². The quantitative estimate of drug-likeness (QED) is 0.847. The summed E-state index contributed by atoms with van der Waals surface area (Å²) in [4.78, 5) is 14.0. The lowest BCUT2D eigenvalue weighted by atomic mass is 9.86. The molecule has 1 saturated heterocycles. The highest BCUT2D eigenvalue weighted by Crippen LogP contribution is 2.26. The zero-order valence-electron chi connectivity index (χ0n) is 11.8. The number of likely N-dealkylation sites (tertiary alicyclic amines) is 1. The Hall–Kier alpha value is -1.65. The fourth-order valence-corrected chi connectivity index (χ4v) is 2.69. The standard InChI is InChI=1S/C15H20F2N2O/c1-9(2)10-3-5-19(6-4-10)15(20)11-7-12(16)13(17)8-14(11)18/h7-10H,3-6,18H2,1-2H3. The van der Waals surface area contributed by atoms with Crippen LogP contribution < -0.4 is 5.73 Å². The molecule has 0 radical (unpaired) electrons. The normalized spacial score (nSPS) is 16.8. The van der Waals surface area contributed by atoms with Crippen molar-refractivity contribution in [3.8, 4) is 0 Å². The zero-order chi connectivity index (χ0) is 14.9. The van der Waals surface area contributed by atoms with Crippen LogP contribution in [0.4, 0.5) is 14.5 Å². The number of halogens is 2. The van der Waals surface area contributed by atoms with Crippen molar-refractivity contribution >= 4 is 11.6 Å². The SMILES string of the molecule is CC(C)C1CCN(C(=O)c2cc(F)c(F)cc2N)CC1. The fourth-order valence-electron chi connectivity index (χ4n) is 2.69. The third kappa shape index (κ3) is 2.92. The van der Waals surface area contributed by atoms with Gasteiger partial charge in [-0.25, -0.2) is 8.78 Å². The number of nitrogen functional groups attached to an aromatic ring is 1. The molecule has 1 aliphatic rings. The first-order valence-electron chi connectivity index (χ1n) is 6.94. The van der Waals surface area contributed by atoms with E-state index < -0.39 is 11.6 Å². The summed E-state index contributed by atoms with van der Waals surface area (Å²) in [6, 6.07) is 1.75. The molecule has 0 aromatic heterocycles. The van der Waals surface area contributed by atoms with Crippen LogP contribution in [0.1, 0.15) is 37.0 Å². The van der Waals surface area contributed by atoms with E-state index in [0.29, 0.717) is 24.9 Å². The molecule has 0 bridgehead atoms. The predicted molar refractivity (Wildman–Crippen MR) is 74.2 cm³/mol. The van der Waals surface area contributed by atoms with Gasteiger partial charge in [0.2, 0.25) is 0 Å². The van der Waals surface area contributed by atoms with Gasteiger partial charge in [0.1, 0.15) is 0 Å². The van der Waals surface area contributed by atoms with Gasteiger partial charge in [0, 0.05) is 24.8 Å². The van der Waals surface area contributed by atoms with Gasteiger partial charge in [-0.2, -0.15) is 0 Å². The molecular formula is C15H20F2N2O. The van der Waals surface area contributed by atoms with Crippen LogP contribution in [0.3, 0.4) is 0 Å². The number of hydrogen-bond acceptors (Lipinski definition) is 2. The van der Waals surface area contributed by atoms with Gasteiger partial charge in [0.25, 0.3) is 5.91 Å². The van der Waals surface area contributed by atoms with E-state index in [2.05, 4.69) is 13.8 Å². The van der Waals surface area contributed by atoms with Crippen LogP contribution in [0, 0.1) is 23.5 Å². The van der Waals surface area contributed by atoms with Gasteiger partial charge < -0.3 is 10.6 Å². The molecule has 2 rings (SSSR count). The third-order valence-corrected chi connectivity index (χ3v) is 4.09. The van der Waals surface area contributed by atoms with Crippen LogP contribution in [0.5, 0.6) is 0 Å². The fraction of sp³-hybridized carbons (Fsp3) is 0.533. The Morgan fingerprint density at radius 2 is 1.80 bits per heavy atom. The predicted octanol–water partition coefficient (Wildman–Crippen LogP) is 3.06. The van der Waals surface area contributed by atoms with E-state index in [0.717, 1.165) is 25.0 Å². The number of hydrogen-bond donors (Lipinski definition) is 1. The highest BCUT2D eigenvalue weighted by molar-refractivity contribution is 5.99. The van der Waals surface area contributed by atoms with E-state index in [1.807, 2.05) is 0 Å². The zero-order valence-corrected chi connectivity index (χ0v) is 11.8. The lowest BCUT2D eigenvalue weighted by Gasteiger charge is -2.34. The Morgan fingerprint density at radius 1 is 1.25 bits per heavy atom. The number of rotatable bonds is 2. The van der Waals surface area contributed by atoms with Crippen LogP contribution >= 0.6 is 0 Å². The van der Waals surface area contributed by atoms with Gasteiger partial charge in [0.15, 0.2) is 11.6 Å². The van der Waals surface area contributed by atoms with Crippen molar-refractivity contribution in [3.63, 3.8) is 0 Å². The van der Waals surface area contributed by atoms with Crippen molar-refractivity contribution in [2.45, 2.75) is 26.7 Å². The maximum atomic E-state index is 13.3. The molecule has 0 unspecified atom stereocenters. The lowest BCUT2D eigenvalue weighted by molar-refractivity contribution is 0.0668. The molecule has 1 heterocycles. The number of nitrogens with zero attached hydrogens (tertiary/aromatic N) is 1. The monoisotopic (exact) mass is 282 g/mol. The molecular weight excluding hydrogens is 262 g/mol. The molecule has 5 heteroatoms. The number of benzene rings is 1. The summed E-state index contributed by atoms with van der Waals surface area (Å²) in [7, 11) is 0. The highest BCUT2D eigenvalue weighted by atomic mass is 19.2. The van der Waals surface area contributed by atoms with Crippen molar-refractivity contribution in [1.29, 1.82) is 0 Å². The summed E-state index contributed by atoms with van der Waals surface area (Å²) in [6.45, 7) is 5.63. The van der Waals surface area contributed by atoms with Crippen LogP contribution in [0.25, 0.3) is 0 Å². The molecule has 0 atom stereocenters. The Labute approximate surface area is 117 Å². The molecule has 1 fully saturated rings. The molecule has 1 aliphatic heterocycles. The number of carbonyl (C=O) groups is 1. The molecule has 110 valence electrons. The van der Waals surface area contributed by atoms with Gasteiger partial charge >= 0.3 is 0 Å². The van der Waals surface area contributed by atoms with Gasteiger partial charge in [-0.15, -0.1) is 0 Å². The molecule has 0 saturated carbocycles. The minimum atomic E-state index is -1.04. The second kappa shape index (κ2) is 5.77.